The summed E-state index contributed by atoms with van der Waals surface area (Å²) in [6.45, 7) is 3.26. The molecule has 2 amide bonds. The van der Waals surface area contributed by atoms with Crippen LogP contribution in [0, 0.1) is 11.7 Å². The molecule has 1 aliphatic heterocycles. The van der Waals surface area contributed by atoms with E-state index < -0.39 is 0 Å². The first kappa shape index (κ1) is 19.4. The van der Waals surface area contributed by atoms with E-state index in [1.54, 1.807) is 17.0 Å². The maximum Gasteiger partial charge on any atom is 0.227 e. The monoisotopic (exact) mass is 396 g/mol. The van der Waals surface area contributed by atoms with Crippen molar-refractivity contribution in [1.82, 2.24) is 5.32 Å². The zero-order valence-corrected chi connectivity index (χ0v) is 16.5. The molecule has 2 aliphatic rings. The molecule has 1 saturated carbocycles. The molecular weight excluding hydrogens is 371 g/mol. The lowest BCUT2D eigenvalue weighted by Crippen LogP contribution is -2.37. The van der Waals surface area contributed by atoms with Crippen LogP contribution in [0.15, 0.2) is 48.5 Å². The number of carbonyl (C=O) groups is 2. The predicted octanol–water partition coefficient (Wildman–Crippen LogP) is 3.43. The molecule has 4 rings (SSSR count). The molecule has 1 heterocycles. The Morgan fingerprint density at radius 1 is 1.21 bits per heavy atom. The topological polar surface area (TPSA) is 58.6 Å². The molecule has 1 atom stereocenters. The maximum absolute atomic E-state index is 13.2. The van der Waals surface area contributed by atoms with Gasteiger partial charge in [-0.15, -0.1) is 0 Å². The van der Waals surface area contributed by atoms with Crippen LogP contribution in [0.25, 0.3) is 0 Å². The Morgan fingerprint density at radius 2 is 1.93 bits per heavy atom. The van der Waals surface area contributed by atoms with E-state index in [1.807, 2.05) is 31.2 Å². The molecule has 1 saturated heterocycles. The Labute approximate surface area is 169 Å². The molecule has 5 nitrogen and oxygen atoms in total. The Bertz CT molecular complexity index is 909. The normalized spacial score (nSPS) is 19.9. The number of anilines is 1. The van der Waals surface area contributed by atoms with Crippen molar-refractivity contribution in [3.05, 3.63) is 59.9 Å². The summed E-state index contributed by atoms with van der Waals surface area (Å²) in [5.41, 5.74) is 1.65. The molecule has 0 bridgehead atoms. The van der Waals surface area contributed by atoms with Gasteiger partial charge in [-0.2, -0.15) is 0 Å². The zero-order valence-electron chi connectivity index (χ0n) is 16.5. The van der Waals surface area contributed by atoms with Crippen LogP contribution in [0.5, 0.6) is 5.75 Å². The van der Waals surface area contributed by atoms with Crippen molar-refractivity contribution in [2.45, 2.75) is 31.6 Å². The number of benzene rings is 2. The fourth-order valence-electron chi connectivity index (χ4n) is 4.00. The number of hydrogen-bond donors (Lipinski definition) is 1. The summed E-state index contributed by atoms with van der Waals surface area (Å²) in [4.78, 5) is 27.0. The summed E-state index contributed by atoms with van der Waals surface area (Å²) in [6, 6.07) is 13.9. The van der Waals surface area contributed by atoms with Gasteiger partial charge in [-0.1, -0.05) is 24.3 Å². The molecule has 0 radical (unpaired) electrons. The molecule has 2 aromatic rings. The molecule has 152 valence electrons. The predicted molar refractivity (Wildman–Crippen MR) is 108 cm³/mol. The van der Waals surface area contributed by atoms with Crippen molar-refractivity contribution in [1.29, 1.82) is 0 Å². The minimum Gasteiger partial charge on any atom is -0.492 e. The maximum atomic E-state index is 13.2. The summed E-state index contributed by atoms with van der Waals surface area (Å²) >= 11 is 0. The number of rotatable bonds is 7. The molecule has 1 aliphatic carbocycles. The molecule has 0 aromatic heterocycles. The number of nitrogens with zero attached hydrogens (tertiary/aromatic N) is 1. The third-order valence-electron chi connectivity index (χ3n) is 5.86. The summed E-state index contributed by atoms with van der Waals surface area (Å²) in [6.07, 6.45) is 2.13. The van der Waals surface area contributed by atoms with Gasteiger partial charge in [0, 0.05) is 24.9 Å². The van der Waals surface area contributed by atoms with Gasteiger partial charge in [-0.25, -0.2) is 4.39 Å². The van der Waals surface area contributed by atoms with Gasteiger partial charge >= 0.3 is 0 Å². The molecule has 6 heteroatoms. The summed E-state index contributed by atoms with van der Waals surface area (Å²) in [5, 5.41) is 3.03. The number of halogens is 1. The zero-order chi connectivity index (χ0) is 20.4. The average Bonchev–Trinajstić information content (AvgIpc) is 3.42. The molecule has 0 spiro atoms. The lowest BCUT2D eigenvalue weighted by atomic mass is 9.95. The van der Waals surface area contributed by atoms with Gasteiger partial charge in [0.1, 0.15) is 11.6 Å². The van der Waals surface area contributed by atoms with E-state index in [2.05, 4.69) is 5.32 Å². The Hall–Kier alpha value is -2.89. The van der Waals surface area contributed by atoms with E-state index in [4.69, 9.17) is 4.74 Å². The second-order valence-corrected chi connectivity index (χ2v) is 7.81. The number of ether oxygens (including phenoxy) is 1. The fourth-order valence-corrected chi connectivity index (χ4v) is 4.00. The minimum atomic E-state index is -0.388. The van der Waals surface area contributed by atoms with Crippen molar-refractivity contribution in [3.63, 3.8) is 0 Å². The fraction of sp³-hybridized carbons (Fsp3) is 0.391. The number of amides is 2. The van der Waals surface area contributed by atoms with Crippen LogP contribution in [-0.2, 0) is 15.0 Å². The van der Waals surface area contributed by atoms with Crippen LogP contribution in [0.3, 0.4) is 0 Å². The Balaban J connectivity index is 1.39. The van der Waals surface area contributed by atoms with E-state index in [-0.39, 0.29) is 35.4 Å². The molecule has 2 fully saturated rings. The van der Waals surface area contributed by atoms with E-state index in [9.17, 15) is 14.0 Å². The van der Waals surface area contributed by atoms with E-state index in [0.717, 1.165) is 18.4 Å². The van der Waals surface area contributed by atoms with Gasteiger partial charge in [0.15, 0.2) is 0 Å². The lowest BCUT2D eigenvalue weighted by Gasteiger charge is -2.21. The van der Waals surface area contributed by atoms with Crippen LogP contribution in [0.2, 0.25) is 0 Å². The summed E-state index contributed by atoms with van der Waals surface area (Å²) < 4.78 is 18.8. The number of carbonyl (C=O) groups excluding carboxylic acids is 2. The number of nitrogens with one attached hydrogen (secondary N) is 1. The highest BCUT2D eigenvalue weighted by molar-refractivity contribution is 6.01. The summed E-state index contributed by atoms with van der Waals surface area (Å²) in [5.74, 6) is -0.176. The van der Waals surface area contributed by atoms with Gasteiger partial charge in [0.05, 0.1) is 18.2 Å². The quantitative estimate of drug-likeness (QED) is 0.780. The number of para-hydroxylation sites is 2. The first-order valence-corrected chi connectivity index (χ1v) is 10.1. The van der Waals surface area contributed by atoms with Crippen LogP contribution >= 0.6 is 0 Å². The SMILES string of the molecule is CCOc1ccccc1N1CC(C(=O)NCC2(c3ccc(F)cc3)CC2)CC1=O. The highest BCUT2D eigenvalue weighted by Gasteiger charge is 2.45. The van der Waals surface area contributed by atoms with Gasteiger partial charge in [-0.3, -0.25) is 9.59 Å². The molecule has 1 unspecified atom stereocenters. The molecular formula is C23H25FN2O3. The first-order chi connectivity index (χ1) is 14.0. The van der Waals surface area contributed by atoms with Crippen molar-refractivity contribution >= 4 is 17.5 Å². The van der Waals surface area contributed by atoms with Gasteiger partial charge < -0.3 is 15.0 Å². The molecule has 2 aromatic carbocycles. The standard InChI is InChI=1S/C23H25FN2O3/c1-2-29-20-6-4-3-5-19(20)26-14-16(13-21(26)27)22(28)25-15-23(11-12-23)17-7-9-18(24)10-8-17/h3-10,16H,2,11-15H2,1H3,(H,25,28). The van der Waals surface area contributed by atoms with E-state index in [1.165, 1.54) is 12.1 Å². The summed E-state index contributed by atoms with van der Waals surface area (Å²) in [7, 11) is 0. The minimum absolute atomic E-state index is 0.0722. The highest BCUT2D eigenvalue weighted by Crippen LogP contribution is 2.47. The number of hydrogen-bond acceptors (Lipinski definition) is 3. The van der Waals surface area contributed by atoms with Gasteiger partial charge in [0.25, 0.3) is 0 Å². The first-order valence-electron chi connectivity index (χ1n) is 10.1. The van der Waals surface area contributed by atoms with Gasteiger partial charge in [0.2, 0.25) is 11.8 Å². The third-order valence-corrected chi connectivity index (χ3v) is 5.86. The van der Waals surface area contributed by atoms with Crippen LogP contribution < -0.4 is 15.0 Å². The smallest absolute Gasteiger partial charge is 0.227 e. The second-order valence-electron chi connectivity index (χ2n) is 7.81. The Morgan fingerprint density at radius 3 is 2.62 bits per heavy atom. The van der Waals surface area contributed by atoms with E-state index in [0.29, 0.717) is 31.1 Å². The highest BCUT2D eigenvalue weighted by atomic mass is 19.1. The second kappa shape index (κ2) is 7.85. The van der Waals surface area contributed by atoms with Crippen molar-refractivity contribution in [3.8, 4) is 5.75 Å². The third kappa shape index (κ3) is 3.97. The van der Waals surface area contributed by atoms with E-state index >= 15 is 0 Å². The molecule has 29 heavy (non-hydrogen) atoms. The van der Waals surface area contributed by atoms with Crippen LogP contribution in [0.1, 0.15) is 31.7 Å². The average molecular weight is 396 g/mol. The Kier molecular flexibility index (Phi) is 5.26. The van der Waals surface area contributed by atoms with Crippen molar-refractivity contribution < 1.29 is 18.7 Å². The van der Waals surface area contributed by atoms with Crippen LogP contribution in [0.4, 0.5) is 10.1 Å². The lowest BCUT2D eigenvalue weighted by molar-refractivity contribution is -0.126. The van der Waals surface area contributed by atoms with Crippen LogP contribution in [-0.4, -0.2) is 31.5 Å². The molecule has 1 N–H and O–H groups in total. The van der Waals surface area contributed by atoms with Crippen molar-refractivity contribution in [2.24, 2.45) is 5.92 Å². The van der Waals surface area contributed by atoms with Gasteiger partial charge in [-0.05, 0) is 49.6 Å². The van der Waals surface area contributed by atoms with Crippen molar-refractivity contribution in [2.75, 3.05) is 24.6 Å². The largest absolute Gasteiger partial charge is 0.492 e.